The molecule has 7 nitrogen and oxygen atoms in total. The summed E-state index contributed by atoms with van der Waals surface area (Å²) in [6, 6.07) is 4.47. The fourth-order valence-electron chi connectivity index (χ4n) is 2.79. The summed E-state index contributed by atoms with van der Waals surface area (Å²) in [4.78, 5) is 24.1. The van der Waals surface area contributed by atoms with Gasteiger partial charge >= 0.3 is 6.09 Å². The van der Waals surface area contributed by atoms with Gasteiger partial charge in [0.2, 0.25) is 0 Å². The standard InChI is InChI=1S/C18H25BrN2O5/c1-18(2,3)26-17(22)20-9-6-13(7-10-20)8-11-25-16-5-4-14(21(23)24)12-15(16)19/h4-5,12-13H,6-11H2,1-3H3. The Hall–Kier alpha value is -1.83. The summed E-state index contributed by atoms with van der Waals surface area (Å²) < 4.78 is 11.7. The zero-order chi connectivity index (χ0) is 19.3. The van der Waals surface area contributed by atoms with Crippen molar-refractivity contribution in [2.24, 2.45) is 5.92 Å². The van der Waals surface area contributed by atoms with Gasteiger partial charge in [0.1, 0.15) is 11.4 Å². The van der Waals surface area contributed by atoms with E-state index in [1.165, 1.54) is 12.1 Å². The minimum atomic E-state index is -0.472. The molecule has 1 saturated heterocycles. The first-order valence-electron chi connectivity index (χ1n) is 8.70. The highest BCUT2D eigenvalue weighted by Crippen LogP contribution is 2.30. The number of carbonyl (C=O) groups is 1. The average molecular weight is 429 g/mol. The molecule has 1 aromatic carbocycles. The van der Waals surface area contributed by atoms with Crippen molar-refractivity contribution in [3.8, 4) is 5.75 Å². The van der Waals surface area contributed by atoms with E-state index in [0.717, 1.165) is 19.3 Å². The van der Waals surface area contributed by atoms with Crippen LogP contribution in [0.4, 0.5) is 10.5 Å². The summed E-state index contributed by atoms with van der Waals surface area (Å²) in [5.41, 5.74) is -0.446. The summed E-state index contributed by atoms with van der Waals surface area (Å²) in [6.07, 6.45) is 2.47. The van der Waals surface area contributed by atoms with Crippen LogP contribution >= 0.6 is 15.9 Å². The first-order chi connectivity index (χ1) is 12.2. The monoisotopic (exact) mass is 428 g/mol. The molecular weight excluding hydrogens is 404 g/mol. The van der Waals surface area contributed by atoms with Gasteiger partial charge in [0.15, 0.2) is 0 Å². The van der Waals surface area contributed by atoms with Crippen LogP contribution in [0.5, 0.6) is 5.75 Å². The number of hydrogen-bond acceptors (Lipinski definition) is 5. The molecule has 0 atom stereocenters. The lowest BCUT2D eigenvalue weighted by Gasteiger charge is -2.33. The van der Waals surface area contributed by atoms with E-state index < -0.39 is 10.5 Å². The van der Waals surface area contributed by atoms with Gasteiger partial charge in [-0.25, -0.2) is 4.79 Å². The molecule has 144 valence electrons. The van der Waals surface area contributed by atoms with Gasteiger partial charge in [0.05, 0.1) is 16.0 Å². The van der Waals surface area contributed by atoms with Crippen LogP contribution in [0.1, 0.15) is 40.0 Å². The second kappa shape index (κ2) is 8.70. The second-order valence-electron chi connectivity index (χ2n) is 7.42. The fourth-order valence-corrected chi connectivity index (χ4v) is 3.27. The Morgan fingerprint density at radius 2 is 2.00 bits per heavy atom. The summed E-state index contributed by atoms with van der Waals surface area (Å²) >= 11 is 3.30. The second-order valence-corrected chi connectivity index (χ2v) is 8.27. The van der Waals surface area contributed by atoms with Crippen LogP contribution in [-0.2, 0) is 4.74 Å². The molecule has 1 aromatic rings. The van der Waals surface area contributed by atoms with Gasteiger partial charge in [-0.2, -0.15) is 0 Å². The molecule has 0 unspecified atom stereocenters. The number of likely N-dealkylation sites (tertiary alicyclic amines) is 1. The molecule has 2 rings (SSSR count). The summed E-state index contributed by atoms with van der Waals surface area (Å²) in [7, 11) is 0. The van der Waals surface area contributed by atoms with Crippen molar-refractivity contribution in [2.45, 2.75) is 45.6 Å². The summed E-state index contributed by atoms with van der Waals surface area (Å²) in [5.74, 6) is 1.09. The van der Waals surface area contributed by atoms with Gasteiger partial charge in [0, 0.05) is 25.2 Å². The molecule has 8 heteroatoms. The molecular formula is C18H25BrN2O5. The molecule has 1 aliphatic heterocycles. The maximum Gasteiger partial charge on any atom is 0.410 e. The van der Waals surface area contributed by atoms with Crippen molar-refractivity contribution in [3.05, 3.63) is 32.8 Å². The Morgan fingerprint density at radius 1 is 1.35 bits per heavy atom. The summed E-state index contributed by atoms with van der Waals surface area (Å²) in [6.45, 7) is 7.52. The van der Waals surface area contributed by atoms with Gasteiger partial charge in [-0.15, -0.1) is 0 Å². The number of halogens is 1. The maximum atomic E-state index is 12.1. The zero-order valence-electron chi connectivity index (χ0n) is 15.4. The molecule has 0 radical (unpaired) electrons. The van der Waals surface area contributed by atoms with Crippen LogP contribution in [-0.4, -0.2) is 41.2 Å². The van der Waals surface area contributed by atoms with Crippen LogP contribution in [0.15, 0.2) is 22.7 Å². The third-order valence-corrected chi connectivity index (χ3v) is 4.80. The largest absolute Gasteiger partial charge is 0.492 e. The van der Waals surface area contributed by atoms with Crippen molar-refractivity contribution in [1.29, 1.82) is 0 Å². The first-order valence-corrected chi connectivity index (χ1v) is 9.49. The van der Waals surface area contributed by atoms with Gasteiger partial charge in [-0.05, 0) is 67.9 Å². The Labute approximate surface area is 161 Å². The molecule has 1 aliphatic rings. The highest BCUT2D eigenvalue weighted by atomic mass is 79.9. The minimum absolute atomic E-state index is 0.0266. The van der Waals surface area contributed by atoms with Gasteiger partial charge in [-0.1, -0.05) is 0 Å². The number of piperidine rings is 1. The van der Waals surface area contributed by atoms with E-state index in [-0.39, 0.29) is 11.8 Å². The molecule has 1 heterocycles. The number of non-ortho nitro benzene ring substituents is 1. The predicted molar refractivity (Wildman–Crippen MR) is 101 cm³/mol. The number of hydrogen-bond donors (Lipinski definition) is 0. The van der Waals surface area contributed by atoms with E-state index >= 15 is 0 Å². The van der Waals surface area contributed by atoms with Crippen molar-refractivity contribution < 1.29 is 19.2 Å². The lowest BCUT2D eigenvalue weighted by atomic mass is 9.94. The molecule has 1 amide bonds. The number of benzene rings is 1. The van der Waals surface area contributed by atoms with E-state index in [9.17, 15) is 14.9 Å². The highest BCUT2D eigenvalue weighted by molar-refractivity contribution is 9.10. The van der Waals surface area contributed by atoms with Gasteiger partial charge in [0.25, 0.3) is 5.69 Å². The van der Waals surface area contributed by atoms with Crippen LogP contribution < -0.4 is 4.74 Å². The Morgan fingerprint density at radius 3 is 2.54 bits per heavy atom. The van der Waals surface area contributed by atoms with Crippen molar-refractivity contribution >= 4 is 27.7 Å². The lowest BCUT2D eigenvalue weighted by molar-refractivity contribution is -0.385. The van der Waals surface area contributed by atoms with Crippen molar-refractivity contribution in [3.63, 3.8) is 0 Å². The molecule has 0 aromatic heterocycles. The third-order valence-electron chi connectivity index (χ3n) is 4.18. The molecule has 0 bridgehead atoms. The first kappa shape index (κ1) is 20.5. The van der Waals surface area contributed by atoms with Gasteiger partial charge in [-0.3, -0.25) is 10.1 Å². The number of nitro benzene ring substituents is 1. The molecule has 1 fully saturated rings. The van der Waals surface area contributed by atoms with Crippen LogP contribution in [0.2, 0.25) is 0 Å². The van der Waals surface area contributed by atoms with E-state index in [4.69, 9.17) is 9.47 Å². The lowest BCUT2D eigenvalue weighted by Crippen LogP contribution is -2.41. The minimum Gasteiger partial charge on any atom is -0.492 e. The molecule has 0 spiro atoms. The number of rotatable bonds is 5. The van der Waals surface area contributed by atoms with Crippen LogP contribution in [0.3, 0.4) is 0 Å². The topological polar surface area (TPSA) is 81.9 Å². The van der Waals surface area contributed by atoms with Gasteiger partial charge < -0.3 is 14.4 Å². The maximum absolute atomic E-state index is 12.1. The Balaban J connectivity index is 1.74. The number of amides is 1. The Kier molecular flexibility index (Phi) is 6.86. The molecule has 0 aliphatic carbocycles. The van der Waals surface area contributed by atoms with E-state index in [1.54, 1.807) is 11.0 Å². The number of carbonyl (C=O) groups excluding carboxylic acids is 1. The van der Waals surface area contributed by atoms with Crippen molar-refractivity contribution in [2.75, 3.05) is 19.7 Å². The quantitative estimate of drug-likeness (QED) is 0.497. The van der Waals surface area contributed by atoms with E-state index in [1.807, 2.05) is 20.8 Å². The van der Waals surface area contributed by atoms with Crippen LogP contribution in [0.25, 0.3) is 0 Å². The number of nitrogens with zero attached hydrogens (tertiary/aromatic N) is 2. The normalized spacial score (nSPS) is 15.6. The predicted octanol–water partition coefficient (Wildman–Crippen LogP) is 4.77. The van der Waals surface area contributed by atoms with E-state index in [0.29, 0.717) is 35.8 Å². The molecule has 26 heavy (non-hydrogen) atoms. The third kappa shape index (κ3) is 6.16. The summed E-state index contributed by atoms with van der Waals surface area (Å²) in [5, 5.41) is 10.7. The van der Waals surface area contributed by atoms with E-state index in [2.05, 4.69) is 15.9 Å². The number of ether oxygens (including phenoxy) is 2. The smallest absolute Gasteiger partial charge is 0.410 e. The molecule has 0 saturated carbocycles. The highest BCUT2D eigenvalue weighted by Gasteiger charge is 2.26. The van der Waals surface area contributed by atoms with Crippen molar-refractivity contribution in [1.82, 2.24) is 4.90 Å². The zero-order valence-corrected chi connectivity index (χ0v) is 17.0. The molecule has 0 N–H and O–H groups in total. The average Bonchev–Trinajstić information content (AvgIpc) is 2.55. The number of nitro groups is 1. The van der Waals surface area contributed by atoms with Crippen LogP contribution in [0, 0.1) is 16.0 Å². The fraction of sp³-hybridized carbons (Fsp3) is 0.611. The SMILES string of the molecule is CC(C)(C)OC(=O)N1CCC(CCOc2ccc([N+](=O)[O-])cc2Br)CC1. The Bertz CT molecular complexity index is 651.